The molecule has 17 heavy (non-hydrogen) atoms. The summed E-state index contributed by atoms with van der Waals surface area (Å²) in [6, 6.07) is 9.37. The van der Waals surface area contributed by atoms with E-state index in [1.165, 1.54) is 11.1 Å². The molecule has 1 aliphatic carbocycles. The SMILES string of the molecule is CC1=C(C)C[C@H]([N+](=O)[O-])[C@H](c2ccccc2)C1. The van der Waals surface area contributed by atoms with Gasteiger partial charge in [-0.1, -0.05) is 41.5 Å². The molecule has 2 rings (SSSR count). The third kappa shape index (κ3) is 2.38. The van der Waals surface area contributed by atoms with Crippen LogP contribution in [0.4, 0.5) is 0 Å². The molecule has 0 saturated carbocycles. The van der Waals surface area contributed by atoms with E-state index < -0.39 is 6.04 Å². The second-order valence-electron chi connectivity index (χ2n) is 4.84. The lowest BCUT2D eigenvalue weighted by Gasteiger charge is -2.27. The zero-order chi connectivity index (χ0) is 12.4. The minimum atomic E-state index is -0.471. The first-order chi connectivity index (χ1) is 8.09. The van der Waals surface area contributed by atoms with E-state index in [1.54, 1.807) is 0 Å². The van der Waals surface area contributed by atoms with Gasteiger partial charge in [-0.15, -0.1) is 0 Å². The lowest BCUT2D eigenvalue weighted by Crippen LogP contribution is -2.31. The van der Waals surface area contributed by atoms with Gasteiger partial charge in [-0.05, 0) is 25.8 Å². The molecule has 0 aromatic heterocycles. The molecule has 1 aromatic carbocycles. The zero-order valence-electron chi connectivity index (χ0n) is 10.2. The molecule has 0 aliphatic heterocycles. The molecule has 0 saturated heterocycles. The minimum absolute atomic E-state index is 0.0231. The quantitative estimate of drug-likeness (QED) is 0.444. The Kier molecular flexibility index (Phi) is 3.27. The Labute approximate surface area is 101 Å². The fourth-order valence-electron chi connectivity index (χ4n) is 2.53. The molecule has 0 amide bonds. The monoisotopic (exact) mass is 231 g/mol. The van der Waals surface area contributed by atoms with Gasteiger partial charge in [-0.2, -0.15) is 0 Å². The molecule has 0 spiro atoms. The lowest BCUT2D eigenvalue weighted by molar-refractivity contribution is -0.527. The van der Waals surface area contributed by atoms with Gasteiger partial charge in [0.2, 0.25) is 6.04 Å². The molecule has 1 aliphatic rings. The normalized spacial score (nSPS) is 24.8. The molecular weight excluding hydrogens is 214 g/mol. The molecule has 90 valence electrons. The van der Waals surface area contributed by atoms with E-state index in [-0.39, 0.29) is 10.8 Å². The van der Waals surface area contributed by atoms with Gasteiger partial charge >= 0.3 is 0 Å². The summed E-state index contributed by atoms with van der Waals surface area (Å²) in [5, 5.41) is 11.2. The number of nitrogens with zero attached hydrogens (tertiary/aromatic N) is 1. The lowest BCUT2D eigenvalue weighted by atomic mass is 9.78. The summed E-state index contributed by atoms with van der Waals surface area (Å²) in [6.07, 6.45) is 1.39. The van der Waals surface area contributed by atoms with Crippen LogP contribution in [0.1, 0.15) is 38.2 Å². The van der Waals surface area contributed by atoms with Crippen LogP contribution in [0.5, 0.6) is 0 Å². The summed E-state index contributed by atoms with van der Waals surface area (Å²) in [5.74, 6) is 0.0231. The van der Waals surface area contributed by atoms with Crippen molar-refractivity contribution in [3.63, 3.8) is 0 Å². The Morgan fingerprint density at radius 3 is 2.29 bits per heavy atom. The Morgan fingerprint density at radius 2 is 1.71 bits per heavy atom. The first-order valence-corrected chi connectivity index (χ1v) is 5.93. The highest BCUT2D eigenvalue weighted by atomic mass is 16.6. The van der Waals surface area contributed by atoms with Crippen LogP contribution in [0, 0.1) is 10.1 Å². The Bertz CT molecular complexity index is 451. The van der Waals surface area contributed by atoms with Crippen molar-refractivity contribution in [3.8, 4) is 0 Å². The van der Waals surface area contributed by atoms with E-state index in [4.69, 9.17) is 0 Å². The maximum atomic E-state index is 11.2. The fourth-order valence-corrected chi connectivity index (χ4v) is 2.53. The van der Waals surface area contributed by atoms with E-state index in [2.05, 4.69) is 6.92 Å². The maximum absolute atomic E-state index is 11.2. The predicted molar refractivity (Wildman–Crippen MR) is 67.6 cm³/mol. The third-order valence-corrected chi connectivity index (χ3v) is 3.73. The first kappa shape index (κ1) is 11.8. The van der Waals surface area contributed by atoms with Gasteiger partial charge in [0.05, 0.1) is 5.92 Å². The molecular formula is C14H17NO2. The van der Waals surface area contributed by atoms with Gasteiger partial charge in [0, 0.05) is 11.3 Å². The Balaban J connectivity index is 2.35. The minimum Gasteiger partial charge on any atom is -0.264 e. The van der Waals surface area contributed by atoms with Crippen molar-refractivity contribution in [2.75, 3.05) is 0 Å². The molecule has 0 heterocycles. The third-order valence-electron chi connectivity index (χ3n) is 3.73. The highest BCUT2D eigenvalue weighted by Gasteiger charge is 2.36. The van der Waals surface area contributed by atoms with Gasteiger partial charge in [-0.25, -0.2) is 0 Å². The van der Waals surface area contributed by atoms with E-state index in [0.717, 1.165) is 12.0 Å². The Morgan fingerprint density at radius 1 is 1.12 bits per heavy atom. The van der Waals surface area contributed by atoms with E-state index in [9.17, 15) is 10.1 Å². The van der Waals surface area contributed by atoms with E-state index in [1.807, 2.05) is 37.3 Å². The van der Waals surface area contributed by atoms with Gasteiger partial charge in [0.1, 0.15) is 0 Å². The molecule has 3 nitrogen and oxygen atoms in total. The van der Waals surface area contributed by atoms with Gasteiger partial charge in [0.25, 0.3) is 0 Å². The standard InChI is InChI=1S/C14H17NO2/c1-10-8-13(12-6-4-3-5-7-12)14(15(16)17)9-11(10)2/h3-7,13-14H,8-9H2,1-2H3/t13-,14-/m0/s1. The maximum Gasteiger partial charge on any atom is 0.223 e. The average molecular weight is 231 g/mol. The van der Waals surface area contributed by atoms with Gasteiger partial charge < -0.3 is 0 Å². The van der Waals surface area contributed by atoms with E-state index in [0.29, 0.717) is 6.42 Å². The van der Waals surface area contributed by atoms with Gasteiger partial charge in [-0.3, -0.25) is 10.1 Å². The van der Waals surface area contributed by atoms with Crippen LogP contribution in [0.2, 0.25) is 0 Å². The van der Waals surface area contributed by atoms with Crippen molar-refractivity contribution in [2.45, 2.75) is 38.6 Å². The van der Waals surface area contributed by atoms with Crippen LogP contribution >= 0.6 is 0 Å². The van der Waals surface area contributed by atoms with Crippen LogP contribution in [0.15, 0.2) is 41.5 Å². The van der Waals surface area contributed by atoms with Crippen LogP contribution in [0.25, 0.3) is 0 Å². The second kappa shape index (κ2) is 4.70. The molecule has 0 unspecified atom stereocenters. The van der Waals surface area contributed by atoms with Crippen molar-refractivity contribution in [3.05, 3.63) is 57.2 Å². The van der Waals surface area contributed by atoms with Crippen molar-refractivity contribution in [2.24, 2.45) is 0 Å². The van der Waals surface area contributed by atoms with Crippen LogP contribution in [-0.4, -0.2) is 11.0 Å². The highest BCUT2D eigenvalue weighted by Crippen LogP contribution is 2.37. The summed E-state index contributed by atoms with van der Waals surface area (Å²) in [5.41, 5.74) is 3.57. The molecule has 2 atom stereocenters. The largest absolute Gasteiger partial charge is 0.264 e. The summed E-state index contributed by atoms with van der Waals surface area (Å²) in [6.45, 7) is 4.09. The van der Waals surface area contributed by atoms with Crippen molar-refractivity contribution >= 4 is 0 Å². The topological polar surface area (TPSA) is 43.1 Å². The number of rotatable bonds is 2. The first-order valence-electron chi connectivity index (χ1n) is 5.93. The summed E-state index contributed by atoms with van der Waals surface area (Å²) >= 11 is 0. The molecule has 0 radical (unpaired) electrons. The molecule has 3 heteroatoms. The summed E-state index contributed by atoms with van der Waals surface area (Å²) < 4.78 is 0. The van der Waals surface area contributed by atoms with Crippen LogP contribution in [0.3, 0.4) is 0 Å². The van der Waals surface area contributed by atoms with Crippen LogP contribution < -0.4 is 0 Å². The zero-order valence-corrected chi connectivity index (χ0v) is 10.2. The number of benzene rings is 1. The fraction of sp³-hybridized carbons (Fsp3) is 0.429. The summed E-state index contributed by atoms with van der Waals surface area (Å²) in [4.78, 5) is 11.1. The van der Waals surface area contributed by atoms with E-state index >= 15 is 0 Å². The van der Waals surface area contributed by atoms with Crippen molar-refractivity contribution < 1.29 is 4.92 Å². The number of hydrogen-bond donors (Lipinski definition) is 0. The summed E-state index contributed by atoms with van der Waals surface area (Å²) in [7, 11) is 0. The second-order valence-corrected chi connectivity index (χ2v) is 4.84. The molecule has 1 aromatic rings. The predicted octanol–water partition coefficient (Wildman–Crippen LogP) is 3.55. The van der Waals surface area contributed by atoms with Crippen molar-refractivity contribution in [1.82, 2.24) is 0 Å². The van der Waals surface area contributed by atoms with Crippen LogP contribution in [-0.2, 0) is 0 Å². The molecule has 0 bridgehead atoms. The van der Waals surface area contributed by atoms with Crippen molar-refractivity contribution in [1.29, 1.82) is 0 Å². The van der Waals surface area contributed by atoms with Gasteiger partial charge in [0.15, 0.2) is 0 Å². The Hall–Kier alpha value is -1.64. The molecule has 0 fully saturated rings. The number of allylic oxidation sites excluding steroid dienone is 1. The number of hydrogen-bond acceptors (Lipinski definition) is 2. The smallest absolute Gasteiger partial charge is 0.223 e. The molecule has 0 N–H and O–H groups in total. The number of nitro groups is 1. The highest BCUT2D eigenvalue weighted by molar-refractivity contribution is 5.28. The average Bonchev–Trinajstić information content (AvgIpc) is 2.33.